The van der Waals surface area contributed by atoms with E-state index in [4.69, 9.17) is 14.2 Å². The van der Waals surface area contributed by atoms with Gasteiger partial charge in [0.2, 0.25) is 23.6 Å². The lowest BCUT2D eigenvalue weighted by atomic mass is 9.90. The normalized spacial score (nSPS) is 19.4. The molecule has 1 heterocycles. The molecule has 0 radical (unpaired) electrons. The van der Waals surface area contributed by atoms with E-state index in [0.717, 1.165) is 31.2 Å². The van der Waals surface area contributed by atoms with Crippen LogP contribution >= 0.6 is 11.9 Å². The SMILES string of the molecule is CCC(C)C(C(CC(=O)N1CCCC1C(OC)C(C)C(=O)NC(Cc1ccc(OC)cc1)C(=O)NSC1CC1)OC)N(C)C(=O)CNC(=O)C(C(C)C)N(C)C. The number of likely N-dealkylation sites (N-methyl/N-ethyl adjacent to an activating group) is 2. The highest BCUT2D eigenvalue weighted by molar-refractivity contribution is 7.98. The maximum atomic E-state index is 14.2. The van der Waals surface area contributed by atoms with Gasteiger partial charge in [-0.25, -0.2) is 0 Å². The standard InChI is InChI=1S/C41H68N6O8S/c1-12-26(4)37(46(8)35(49)24-42-41(52)36(25(2)3)45(6)7)33(54-10)23-34(48)47-21-13-14-32(47)38(55-11)27(5)39(50)43-31(40(51)44-56-30-19-20-30)22-28-15-17-29(53-9)18-16-28/h15-18,25-27,30-33,36-38H,12-14,19-24H2,1-11H3,(H,42,52)(H,43,50)(H,44,51). The van der Waals surface area contributed by atoms with Crippen molar-refractivity contribution in [3.63, 3.8) is 0 Å². The van der Waals surface area contributed by atoms with Gasteiger partial charge in [-0.05, 0) is 81.3 Å². The predicted octanol–water partition coefficient (Wildman–Crippen LogP) is 3.27. The van der Waals surface area contributed by atoms with Crippen LogP contribution in [0.4, 0.5) is 0 Å². The van der Waals surface area contributed by atoms with Crippen LogP contribution in [-0.2, 0) is 39.9 Å². The number of likely N-dealkylation sites (tertiary alicyclic amines) is 1. The molecule has 15 heteroatoms. The Balaban J connectivity index is 1.72. The Hall–Kier alpha value is -3.40. The Morgan fingerprint density at radius 3 is 2.11 bits per heavy atom. The molecule has 0 spiro atoms. The Morgan fingerprint density at radius 1 is 0.911 bits per heavy atom. The number of hydrogen-bond acceptors (Lipinski definition) is 10. The van der Waals surface area contributed by atoms with Crippen molar-refractivity contribution >= 4 is 41.5 Å². The van der Waals surface area contributed by atoms with E-state index in [1.54, 1.807) is 45.1 Å². The van der Waals surface area contributed by atoms with Gasteiger partial charge in [-0.3, -0.25) is 33.6 Å². The van der Waals surface area contributed by atoms with E-state index >= 15 is 0 Å². The lowest BCUT2D eigenvalue weighted by Crippen LogP contribution is -2.55. The van der Waals surface area contributed by atoms with E-state index in [1.807, 2.05) is 71.0 Å². The van der Waals surface area contributed by atoms with Crippen molar-refractivity contribution in [1.29, 1.82) is 0 Å². The minimum Gasteiger partial charge on any atom is -0.497 e. The number of nitrogens with zero attached hydrogens (tertiary/aromatic N) is 3. The molecule has 1 aromatic rings. The van der Waals surface area contributed by atoms with E-state index < -0.39 is 30.2 Å². The zero-order valence-corrected chi connectivity index (χ0v) is 36.3. The largest absolute Gasteiger partial charge is 0.497 e. The summed E-state index contributed by atoms with van der Waals surface area (Å²) in [6, 6.07) is 5.38. The van der Waals surface area contributed by atoms with Crippen LogP contribution in [0.5, 0.6) is 5.75 Å². The molecular formula is C41H68N6O8S. The summed E-state index contributed by atoms with van der Waals surface area (Å²) in [6.07, 6.45) is 3.27. The Kier molecular flexibility index (Phi) is 18.9. The maximum absolute atomic E-state index is 14.2. The molecule has 1 aromatic carbocycles. The average Bonchev–Trinajstić information content (AvgIpc) is 3.88. The zero-order valence-electron chi connectivity index (χ0n) is 35.5. The molecule has 2 aliphatic rings. The van der Waals surface area contributed by atoms with Gasteiger partial charge in [0, 0.05) is 39.5 Å². The smallest absolute Gasteiger partial charge is 0.252 e. The predicted molar refractivity (Wildman–Crippen MR) is 219 cm³/mol. The van der Waals surface area contributed by atoms with Crippen molar-refractivity contribution in [2.45, 2.75) is 121 Å². The van der Waals surface area contributed by atoms with Gasteiger partial charge in [0.05, 0.1) is 56.3 Å². The summed E-state index contributed by atoms with van der Waals surface area (Å²) < 4.78 is 20.1. The van der Waals surface area contributed by atoms with Crippen LogP contribution in [0.15, 0.2) is 24.3 Å². The molecule has 3 N–H and O–H groups in total. The van der Waals surface area contributed by atoms with Gasteiger partial charge in [-0.15, -0.1) is 0 Å². The van der Waals surface area contributed by atoms with Gasteiger partial charge in [0.25, 0.3) is 5.91 Å². The molecule has 8 unspecified atom stereocenters. The van der Waals surface area contributed by atoms with Gasteiger partial charge in [-0.2, -0.15) is 0 Å². The third-order valence-electron chi connectivity index (χ3n) is 11.3. The average molecular weight is 805 g/mol. The lowest BCUT2D eigenvalue weighted by molar-refractivity contribution is -0.146. The highest BCUT2D eigenvalue weighted by Gasteiger charge is 2.42. The van der Waals surface area contributed by atoms with Gasteiger partial charge >= 0.3 is 0 Å². The minimum absolute atomic E-state index is 0.0156. The van der Waals surface area contributed by atoms with Crippen molar-refractivity contribution in [3.05, 3.63) is 29.8 Å². The first-order valence-corrected chi connectivity index (χ1v) is 20.9. The van der Waals surface area contributed by atoms with Gasteiger partial charge in [0.1, 0.15) is 11.8 Å². The number of ether oxygens (including phenoxy) is 3. The molecule has 1 aliphatic heterocycles. The molecule has 0 aromatic heterocycles. The third kappa shape index (κ3) is 13.1. The number of carbonyl (C=O) groups is 5. The molecule has 1 saturated carbocycles. The number of nitrogens with one attached hydrogen (secondary N) is 3. The summed E-state index contributed by atoms with van der Waals surface area (Å²) in [5, 5.41) is 6.20. The maximum Gasteiger partial charge on any atom is 0.252 e. The molecule has 3 rings (SSSR count). The molecule has 1 saturated heterocycles. The fourth-order valence-electron chi connectivity index (χ4n) is 7.76. The molecule has 2 fully saturated rings. The number of benzene rings is 1. The van der Waals surface area contributed by atoms with Crippen LogP contribution in [0.3, 0.4) is 0 Å². The molecule has 1 aliphatic carbocycles. The highest BCUT2D eigenvalue weighted by Crippen LogP contribution is 2.32. The van der Waals surface area contributed by atoms with Crippen LogP contribution < -0.4 is 20.1 Å². The third-order valence-corrected chi connectivity index (χ3v) is 12.4. The highest BCUT2D eigenvalue weighted by atomic mass is 32.2. The van der Waals surface area contributed by atoms with E-state index in [1.165, 1.54) is 11.9 Å². The van der Waals surface area contributed by atoms with E-state index in [0.29, 0.717) is 30.4 Å². The van der Waals surface area contributed by atoms with Crippen LogP contribution in [0, 0.1) is 17.8 Å². The summed E-state index contributed by atoms with van der Waals surface area (Å²) in [4.78, 5) is 73.2. The first-order valence-electron chi connectivity index (χ1n) is 20.0. The fraction of sp³-hybridized carbons (Fsp3) is 0.732. The van der Waals surface area contributed by atoms with Crippen LogP contribution in [0.1, 0.15) is 78.7 Å². The van der Waals surface area contributed by atoms with Crippen molar-refractivity contribution in [2.75, 3.05) is 55.6 Å². The second-order valence-corrected chi connectivity index (χ2v) is 17.0. The van der Waals surface area contributed by atoms with Crippen LogP contribution in [0.25, 0.3) is 0 Å². The van der Waals surface area contributed by atoms with Crippen molar-refractivity contribution in [2.24, 2.45) is 17.8 Å². The zero-order chi connectivity index (χ0) is 41.7. The van der Waals surface area contributed by atoms with Crippen LogP contribution in [0.2, 0.25) is 0 Å². The van der Waals surface area contributed by atoms with E-state index in [9.17, 15) is 24.0 Å². The summed E-state index contributed by atoms with van der Waals surface area (Å²) in [5.74, 6) is -1.21. The molecule has 5 amide bonds. The summed E-state index contributed by atoms with van der Waals surface area (Å²) >= 11 is 1.40. The van der Waals surface area contributed by atoms with E-state index in [-0.39, 0.29) is 66.4 Å². The summed E-state index contributed by atoms with van der Waals surface area (Å²) in [5.41, 5.74) is 0.871. The number of methoxy groups -OCH3 is 3. The number of carbonyl (C=O) groups excluding carboxylic acids is 5. The molecule has 14 nitrogen and oxygen atoms in total. The Labute approximate surface area is 339 Å². The first-order chi connectivity index (χ1) is 26.6. The van der Waals surface area contributed by atoms with Gasteiger partial charge in [-0.1, -0.05) is 53.2 Å². The summed E-state index contributed by atoms with van der Waals surface area (Å²) in [6.45, 7) is 10.1. The van der Waals surface area contributed by atoms with Crippen molar-refractivity contribution in [3.8, 4) is 5.75 Å². The van der Waals surface area contributed by atoms with Crippen molar-refractivity contribution in [1.82, 2.24) is 30.1 Å². The number of hydrogen-bond donors (Lipinski definition) is 3. The van der Waals surface area contributed by atoms with E-state index in [2.05, 4.69) is 15.4 Å². The molecule has 56 heavy (non-hydrogen) atoms. The Bertz CT molecular complexity index is 1440. The quantitative estimate of drug-likeness (QED) is 0.140. The first kappa shape index (κ1) is 47.0. The lowest BCUT2D eigenvalue weighted by Gasteiger charge is -2.39. The van der Waals surface area contributed by atoms with Crippen molar-refractivity contribution < 1.29 is 38.2 Å². The monoisotopic (exact) mass is 804 g/mol. The summed E-state index contributed by atoms with van der Waals surface area (Å²) in [7, 11) is 10.1. The van der Waals surface area contributed by atoms with Gasteiger partial charge in [0.15, 0.2) is 0 Å². The van der Waals surface area contributed by atoms with Gasteiger partial charge < -0.3 is 34.6 Å². The van der Waals surface area contributed by atoms with Crippen LogP contribution in [-0.4, -0.2) is 141 Å². The molecule has 8 atom stereocenters. The Morgan fingerprint density at radius 2 is 1.57 bits per heavy atom. The number of rotatable bonds is 23. The second-order valence-electron chi connectivity index (χ2n) is 15.9. The second kappa shape index (κ2) is 22.5. The molecule has 0 bridgehead atoms. The topological polar surface area (TPSA) is 159 Å². The minimum atomic E-state index is -0.819. The fourth-order valence-corrected chi connectivity index (χ4v) is 8.56. The molecular weight excluding hydrogens is 737 g/mol. The molecule has 316 valence electrons. The number of amides is 5.